The third-order valence-corrected chi connectivity index (χ3v) is 3.44. The van der Waals surface area contributed by atoms with Gasteiger partial charge in [-0.3, -0.25) is 0 Å². The molecule has 0 saturated carbocycles. The van der Waals surface area contributed by atoms with Gasteiger partial charge in [0.05, 0.1) is 16.4 Å². The quantitative estimate of drug-likeness (QED) is 0.874. The van der Waals surface area contributed by atoms with E-state index in [2.05, 4.69) is 16.3 Å². The van der Waals surface area contributed by atoms with Crippen LogP contribution in [0.25, 0.3) is 0 Å². The molecule has 0 aliphatic heterocycles. The van der Waals surface area contributed by atoms with Gasteiger partial charge in [-0.25, -0.2) is 0 Å². The molecule has 0 unspecified atom stereocenters. The number of hydrogen-bond donors (Lipinski definition) is 1. The van der Waals surface area contributed by atoms with Gasteiger partial charge in [0.15, 0.2) is 0 Å². The van der Waals surface area contributed by atoms with Crippen molar-refractivity contribution in [2.45, 2.75) is 26.7 Å². The molecule has 0 atom stereocenters. The van der Waals surface area contributed by atoms with Crippen LogP contribution in [0.2, 0.25) is 5.02 Å². The summed E-state index contributed by atoms with van der Waals surface area (Å²) in [5, 5.41) is 17.9. The van der Waals surface area contributed by atoms with E-state index in [9.17, 15) is 5.26 Å². The van der Waals surface area contributed by atoms with Gasteiger partial charge in [0, 0.05) is 6.07 Å². The number of nitrogen functional groups attached to an aromatic ring is 1. The maximum Gasteiger partial charge on any atom is 0.257 e. The van der Waals surface area contributed by atoms with Crippen molar-refractivity contribution in [1.29, 1.82) is 5.26 Å². The van der Waals surface area contributed by atoms with Crippen molar-refractivity contribution in [2.75, 3.05) is 5.73 Å². The summed E-state index contributed by atoms with van der Waals surface area (Å²) in [6.07, 6.45) is 1.42. The summed E-state index contributed by atoms with van der Waals surface area (Å²) in [6.45, 7) is 3.95. The number of nitrogens with zero attached hydrogens (tertiary/aromatic N) is 3. The molecule has 0 fully saturated rings. The number of halogens is 1. The van der Waals surface area contributed by atoms with Crippen LogP contribution in [-0.2, 0) is 12.8 Å². The monoisotopic (exact) mass is 302 g/mol. The smallest absolute Gasteiger partial charge is 0.257 e. The van der Waals surface area contributed by atoms with E-state index in [1.165, 1.54) is 0 Å². The number of ether oxygens (including phenoxy) is 1. The van der Waals surface area contributed by atoms with E-state index in [0.29, 0.717) is 28.4 Å². The van der Waals surface area contributed by atoms with Crippen LogP contribution in [-0.4, -0.2) is 10.2 Å². The normalized spacial score (nSPS) is 10.2. The molecule has 2 rings (SSSR count). The van der Waals surface area contributed by atoms with E-state index in [0.717, 1.165) is 17.7 Å². The highest BCUT2D eigenvalue weighted by atomic mass is 35.5. The van der Waals surface area contributed by atoms with E-state index < -0.39 is 0 Å². The number of nitriles is 1. The van der Waals surface area contributed by atoms with Crippen LogP contribution in [0.4, 0.5) is 5.69 Å². The van der Waals surface area contributed by atoms with Crippen LogP contribution in [0.3, 0.4) is 0 Å². The van der Waals surface area contributed by atoms with Crippen LogP contribution in [0.15, 0.2) is 18.2 Å². The highest BCUT2D eigenvalue weighted by molar-refractivity contribution is 6.33. The standard InChI is InChI=1S/C15H15ClN4O/c1-3-10-11(8-17)15(20-19-14(10)4-2)21-9-5-6-13(18)12(16)7-9/h5-7H,3-4,18H2,1-2H3. The third-order valence-electron chi connectivity index (χ3n) is 3.11. The van der Waals surface area contributed by atoms with Crippen LogP contribution >= 0.6 is 11.6 Å². The summed E-state index contributed by atoms with van der Waals surface area (Å²) in [5.41, 5.74) is 8.22. The van der Waals surface area contributed by atoms with Crippen molar-refractivity contribution in [3.05, 3.63) is 40.0 Å². The number of hydrogen-bond acceptors (Lipinski definition) is 5. The molecule has 21 heavy (non-hydrogen) atoms. The zero-order valence-electron chi connectivity index (χ0n) is 11.9. The molecule has 108 valence electrons. The Morgan fingerprint density at radius 1 is 1.29 bits per heavy atom. The van der Waals surface area contributed by atoms with E-state index >= 15 is 0 Å². The van der Waals surface area contributed by atoms with Gasteiger partial charge < -0.3 is 10.5 Å². The molecule has 0 aliphatic carbocycles. The summed E-state index contributed by atoms with van der Waals surface area (Å²) >= 11 is 5.95. The lowest BCUT2D eigenvalue weighted by Gasteiger charge is -2.11. The molecule has 0 bridgehead atoms. The number of benzene rings is 1. The van der Waals surface area contributed by atoms with E-state index in [4.69, 9.17) is 22.1 Å². The maximum absolute atomic E-state index is 9.38. The molecule has 2 aromatic rings. The fourth-order valence-electron chi connectivity index (χ4n) is 2.02. The lowest BCUT2D eigenvalue weighted by molar-refractivity contribution is 0.451. The fourth-order valence-corrected chi connectivity index (χ4v) is 2.19. The van der Waals surface area contributed by atoms with E-state index in [1.807, 2.05) is 13.8 Å². The predicted molar refractivity (Wildman–Crippen MR) is 81.4 cm³/mol. The summed E-state index contributed by atoms with van der Waals surface area (Å²) in [4.78, 5) is 0. The Bertz CT molecular complexity index is 710. The fraction of sp³-hybridized carbons (Fsp3) is 0.267. The van der Waals surface area contributed by atoms with Gasteiger partial charge in [-0.2, -0.15) is 10.4 Å². The molecule has 1 heterocycles. The number of anilines is 1. The Hall–Kier alpha value is -2.32. The first-order chi connectivity index (χ1) is 10.1. The minimum atomic E-state index is 0.187. The number of aryl methyl sites for hydroxylation is 1. The largest absolute Gasteiger partial charge is 0.436 e. The Morgan fingerprint density at radius 2 is 2.05 bits per heavy atom. The molecule has 5 nitrogen and oxygen atoms in total. The van der Waals surface area contributed by atoms with Crippen LogP contribution < -0.4 is 10.5 Å². The molecular weight excluding hydrogens is 288 g/mol. The highest BCUT2D eigenvalue weighted by Gasteiger charge is 2.16. The lowest BCUT2D eigenvalue weighted by Crippen LogP contribution is -2.05. The Kier molecular flexibility index (Phi) is 4.61. The Labute approximate surface area is 128 Å². The molecular formula is C15H15ClN4O. The first kappa shape index (κ1) is 15.1. The molecule has 1 aromatic carbocycles. The van der Waals surface area contributed by atoms with Gasteiger partial charge in [-0.1, -0.05) is 25.4 Å². The molecule has 0 spiro atoms. The number of nitrogens with two attached hydrogens (primary N) is 1. The average molecular weight is 303 g/mol. The topological polar surface area (TPSA) is 84.8 Å². The third kappa shape index (κ3) is 3.06. The maximum atomic E-state index is 9.38. The van der Waals surface area contributed by atoms with Crippen molar-refractivity contribution < 1.29 is 4.74 Å². The van der Waals surface area contributed by atoms with Crippen molar-refractivity contribution in [3.63, 3.8) is 0 Å². The first-order valence-electron chi connectivity index (χ1n) is 6.62. The summed E-state index contributed by atoms with van der Waals surface area (Å²) in [7, 11) is 0. The van der Waals surface area contributed by atoms with Crippen molar-refractivity contribution in [3.8, 4) is 17.7 Å². The van der Waals surface area contributed by atoms with Gasteiger partial charge >= 0.3 is 0 Å². The predicted octanol–water partition coefficient (Wildman–Crippen LogP) is 3.50. The zero-order valence-corrected chi connectivity index (χ0v) is 12.6. The van der Waals surface area contributed by atoms with Gasteiger partial charge in [-0.15, -0.1) is 5.10 Å². The van der Waals surface area contributed by atoms with Gasteiger partial charge in [-0.05, 0) is 30.5 Å². The molecule has 0 amide bonds. The van der Waals surface area contributed by atoms with E-state index in [1.54, 1.807) is 18.2 Å². The highest BCUT2D eigenvalue weighted by Crippen LogP contribution is 2.30. The van der Waals surface area contributed by atoms with Crippen molar-refractivity contribution >= 4 is 17.3 Å². The summed E-state index contributed by atoms with van der Waals surface area (Å²) in [5.74, 6) is 0.652. The number of rotatable bonds is 4. The Morgan fingerprint density at radius 3 is 2.62 bits per heavy atom. The van der Waals surface area contributed by atoms with Crippen molar-refractivity contribution in [2.24, 2.45) is 0 Å². The van der Waals surface area contributed by atoms with Crippen molar-refractivity contribution in [1.82, 2.24) is 10.2 Å². The van der Waals surface area contributed by atoms with Crippen LogP contribution in [0.5, 0.6) is 11.6 Å². The van der Waals surface area contributed by atoms with E-state index in [-0.39, 0.29) is 5.88 Å². The molecule has 1 aromatic heterocycles. The minimum absolute atomic E-state index is 0.187. The molecule has 0 radical (unpaired) electrons. The van der Waals surface area contributed by atoms with Crippen LogP contribution in [0, 0.1) is 11.3 Å². The lowest BCUT2D eigenvalue weighted by atomic mass is 10.0. The molecule has 0 aliphatic rings. The molecule has 6 heteroatoms. The molecule has 2 N–H and O–H groups in total. The van der Waals surface area contributed by atoms with Gasteiger partial charge in [0.25, 0.3) is 5.88 Å². The Balaban J connectivity index is 2.44. The zero-order chi connectivity index (χ0) is 15.4. The van der Waals surface area contributed by atoms with Gasteiger partial charge in [0.1, 0.15) is 17.4 Å². The molecule has 0 saturated heterocycles. The first-order valence-corrected chi connectivity index (χ1v) is 6.99. The second kappa shape index (κ2) is 6.42. The average Bonchev–Trinajstić information content (AvgIpc) is 2.50. The minimum Gasteiger partial charge on any atom is -0.436 e. The SMILES string of the molecule is CCc1nnc(Oc2ccc(N)c(Cl)c2)c(C#N)c1CC. The number of aromatic nitrogens is 2. The summed E-state index contributed by atoms with van der Waals surface area (Å²) < 4.78 is 5.64. The van der Waals surface area contributed by atoms with Crippen LogP contribution in [0.1, 0.15) is 30.7 Å². The second-order valence-corrected chi connectivity index (χ2v) is 4.82. The summed E-state index contributed by atoms with van der Waals surface area (Å²) in [6, 6.07) is 7.04. The van der Waals surface area contributed by atoms with Gasteiger partial charge in [0.2, 0.25) is 0 Å². The second-order valence-electron chi connectivity index (χ2n) is 4.41.